The molecule has 2 fully saturated rings. The highest BCUT2D eigenvalue weighted by atomic mass is 16.5. The largest absolute Gasteiger partial charge is 0.490 e. The van der Waals surface area contributed by atoms with E-state index in [0.29, 0.717) is 19.1 Å². The summed E-state index contributed by atoms with van der Waals surface area (Å²) in [7, 11) is 0. The Balaban J connectivity index is 0.00000110. The van der Waals surface area contributed by atoms with E-state index in [1.165, 1.54) is 42.4 Å². The molecule has 0 unspecified atom stereocenters. The Labute approximate surface area is 234 Å². The third-order valence-corrected chi connectivity index (χ3v) is 7.02. The molecule has 0 radical (unpaired) electrons. The van der Waals surface area contributed by atoms with E-state index in [4.69, 9.17) is 14.6 Å². The van der Waals surface area contributed by atoms with E-state index < -0.39 is 5.97 Å². The van der Waals surface area contributed by atoms with Crippen molar-refractivity contribution >= 4 is 5.97 Å². The van der Waals surface area contributed by atoms with E-state index in [-0.39, 0.29) is 11.8 Å². The second-order valence-electron chi connectivity index (χ2n) is 11.8. The lowest BCUT2D eigenvalue weighted by molar-refractivity contribution is -0.136. The molecule has 2 aliphatic rings. The van der Waals surface area contributed by atoms with Gasteiger partial charge in [-0.2, -0.15) is 0 Å². The van der Waals surface area contributed by atoms with Gasteiger partial charge >= 0.3 is 5.97 Å². The van der Waals surface area contributed by atoms with Gasteiger partial charge in [0, 0.05) is 6.42 Å². The first-order valence-electron chi connectivity index (χ1n) is 14.6. The lowest BCUT2D eigenvalue weighted by atomic mass is 9.79. The Hall–Kier alpha value is -3.27. The topological polar surface area (TPSA) is 55.8 Å². The fourth-order valence-electron chi connectivity index (χ4n) is 4.77. The number of carboxylic acids is 1. The minimum Gasteiger partial charge on any atom is -0.490 e. The summed E-state index contributed by atoms with van der Waals surface area (Å²) in [5.74, 6) is 0.924. The van der Waals surface area contributed by atoms with Crippen LogP contribution in [0.2, 0.25) is 0 Å². The molecule has 2 saturated carbocycles. The molecule has 0 aromatic heterocycles. The predicted octanol–water partition coefficient (Wildman–Crippen LogP) is 9.03. The zero-order valence-corrected chi connectivity index (χ0v) is 23.9. The quantitative estimate of drug-likeness (QED) is 0.240. The van der Waals surface area contributed by atoms with E-state index in [0.717, 1.165) is 48.3 Å². The van der Waals surface area contributed by atoms with Crippen molar-refractivity contribution in [1.29, 1.82) is 0 Å². The highest BCUT2D eigenvalue weighted by Crippen LogP contribution is 2.36. The van der Waals surface area contributed by atoms with E-state index in [9.17, 15) is 4.79 Å². The van der Waals surface area contributed by atoms with Crippen LogP contribution in [0.5, 0.6) is 11.5 Å². The molecule has 5 rings (SSSR count). The van der Waals surface area contributed by atoms with E-state index in [1.807, 2.05) is 24.3 Å². The van der Waals surface area contributed by atoms with E-state index >= 15 is 0 Å². The van der Waals surface area contributed by atoms with Crippen molar-refractivity contribution in [2.24, 2.45) is 5.41 Å². The van der Waals surface area contributed by atoms with Gasteiger partial charge in [-0.15, -0.1) is 0 Å². The van der Waals surface area contributed by atoms with Gasteiger partial charge in [0.1, 0.15) is 18.1 Å². The molecule has 0 atom stereocenters. The number of aliphatic carboxylic acids is 1. The van der Waals surface area contributed by atoms with Gasteiger partial charge in [-0.1, -0.05) is 88.9 Å². The van der Waals surface area contributed by atoms with Gasteiger partial charge in [0.25, 0.3) is 0 Å². The number of carboxylic acid groups (broad SMARTS) is 1. The summed E-state index contributed by atoms with van der Waals surface area (Å²) in [5, 5.41) is 8.96. The number of benzene rings is 3. The first-order valence-corrected chi connectivity index (χ1v) is 14.6. The van der Waals surface area contributed by atoms with E-state index in [1.54, 1.807) is 0 Å². The van der Waals surface area contributed by atoms with Crippen LogP contribution in [0.15, 0.2) is 66.7 Å². The molecule has 0 spiro atoms. The molecular weight excluding hydrogens is 484 g/mol. The van der Waals surface area contributed by atoms with Gasteiger partial charge in [0.05, 0.1) is 6.10 Å². The Morgan fingerprint density at radius 1 is 0.923 bits per heavy atom. The average Bonchev–Trinajstić information content (AvgIpc) is 3.81. The predicted molar refractivity (Wildman–Crippen MR) is 159 cm³/mol. The SMILES string of the molecule is C1CC1.CCCC(C)(C)Cc1cc(COc2cccc(CCC(=O)O)c2)ccc1-c1cccc(OC2CC2)c1. The highest BCUT2D eigenvalue weighted by molar-refractivity contribution is 5.69. The molecule has 0 bridgehead atoms. The van der Waals surface area contributed by atoms with E-state index in [2.05, 4.69) is 63.2 Å². The van der Waals surface area contributed by atoms with Crippen LogP contribution in [0.4, 0.5) is 0 Å². The number of ether oxygens (including phenoxy) is 2. The second kappa shape index (κ2) is 13.7. The molecule has 0 aliphatic heterocycles. The molecule has 3 aromatic carbocycles. The van der Waals surface area contributed by atoms with Crippen molar-refractivity contribution in [3.63, 3.8) is 0 Å². The standard InChI is InChI=1S/C32H38O4.C3H6/c1-4-17-32(2,3)21-26-18-24(22-35-28-9-5-7-23(19-28)12-16-31(33)34)11-15-30(26)25-8-6-10-29(20-25)36-27-13-14-27;1-2-3-1/h5-11,15,18-20,27H,4,12-14,16-17,21-22H2,1-3H3,(H,33,34);1-3H2. The molecule has 4 nitrogen and oxygen atoms in total. The minimum atomic E-state index is -0.787. The maximum Gasteiger partial charge on any atom is 0.303 e. The van der Waals surface area contributed by atoms with Crippen LogP contribution in [-0.2, 0) is 24.2 Å². The molecule has 39 heavy (non-hydrogen) atoms. The zero-order valence-electron chi connectivity index (χ0n) is 23.9. The molecule has 0 heterocycles. The Morgan fingerprint density at radius 3 is 2.36 bits per heavy atom. The Bertz CT molecular complexity index is 1220. The van der Waals surface area contributed by atoms with Crippen LogP contribution in [0.1, 0.15) is 88.8 Å². The van der Waals surface area contributed by atoms with Crippen molar-refractivity contribution in [1.82, 2.24) is 0 Å². The summed E-state index contributed by atoms with van der Waals surface area (Å²) in [6.45, 7) is 7.41. The number of rotatable bonds is 13. The summed E-state index contributed by atoms with van der Waals surface area (Å²) in [4.78, 5) is 10.9. The van der Waals surface area contributed by atoms with Gasteiger partial charge in [-0.05, 0) is 89.6 Å². The van der Waals surface area contributed by atoms with Crippen molar-refractivity contribution in [3.05, 3.63) is 83.4 Å². The van der Waals surface area contributed by atoms with Gasteiger partial charge in [0.2, 0.25) is 0 Å². The summed E-state index contributed by atoms with van der Waals surface area (Å²) >= 11 is 0. The first-order chi connectivity index (χ1) is 18.8. The highest BCUT2D eigenvalue weighted by Gasteiger charge is 2.24. The van der Waals surface area contributed by atoms with Gasteiger partial charge in [-0.25, -0.2) is 0 Å². The fraction of sp³-hybridized carbons (Fsp3) is 0.457. The number of carbonyl (C=O) groups is 1. The molecule has 2 aliphatic carbocycles. The number of hydrogen-bond donors (Lipinski definition) is 1. The monoisotopic (exact) mass is 528 g/mol. The van der Waals surface area contributed by atoms with Crippen LogP contribution in [-0.4, -0.2) is 17.2 Å². The molecule has 4 heteroatoms. The first kappa shape index (κ1) is 28.7. The van der Waals surface area contributed by atoms with Crippen molar-refractivity contribution in [2.75, 3.05) is 0 Å². The molecule has 0 amide bonds. The van der Waals surface area contributed by atoms with Crippen molar-refractivity contribution in [2.45, 2.75) is 97.7 Å². The summed E-state index contributed by atoms with van der Waals surface area (Å²) < 4.78 is 12.2. The average molecular weight is 529 g/mol. The lowest BCUT2D eigenvalue weighted by Gasteiger charge is -2.26. The molecular formula is C35H44O4. The molecule has 0 saturated heterocycles. The third-order valence-electron chi connectivity index (χ3n) is 7.02. The van der Waals surface area contributed by atoms with Crippen LogP contribution < -0.4 is 9.47 Å². The molecule has 3 aromatic rings. The Kier molecular flexibility index (Phi) is 10.1. The lowest BCUT2D eigenvalue weighted by Crippen LogP contribution is -2.15. The van der Waals surface area contributed by atoms with Crippen LogP contribution in [0.3, 0.4) is 0 Å². The maximum absolute atomic E-state index is 10.9. The number of hydrogen-bond acceptors (Lipinski definition) is 3. The normalized spacial score (nSPS) is 14.2. The maximum atomic E-state index is 10.9. The summed E-state index contributed by atoms with van der Waals surface area (Å²) in [5.41, 5.74) is 6.06. The third kappa shape index (κ3) is 10.1. The summed E-state index contributed by atoms with van der Waals surface area (Å²) in [6.07, 6.45) is 11.1. The van der Waals surface area contributed by atoms with Gasteiger partial charge < -0.3 is 14.6 Å². The van der Waals surface area contributed by atoms with Gasteiger partial charge in [-0.3, -0.25) is 4.79 Å². The van der Waals surface area contributed by atoms with Gasteiger partial charge in [0.15, 0.2) is 0 Å². The smallest absolute Gasteiger partial charge is 0.303 e. The molecule has 208 valence electrons. The minimum absolute atomic E-state index is 0.120. The van der Waals surface area contributed by atoms with Crippen molar-refractivity contribution < 1.29 is 19.4 Å². The van der Waals surface area contributed by atoms with Crippen LogP contribution >= 0.6 is 0 Å². The summed E-state index contributed by atoms with van der Waals surface area (Å²) in [6, 6.07) is 22.9. The van der Waals surface area contributed by atoms with Crippen molar-refractivity contribution in [3.8, 4) is 22.6 Å². The zero-order chi connectivity index (χ0) is 27.7. The van der Waals surface area contributed by atoms with Crippen LogP contribution in [0, 0.1) is 5.41 Å². The fourth-order valence-corrected chi connectivity index (χ4v) is 4.77. The number of aryl methyl sites for hydroxylation is 1. The molecule has 1 N–H and O–H groups in total. The Morgan fingerprint density at radius 2 is 1.67 bits per heavy atom. The second-order valence-corrected chi connectivity index (χ2v) is 11.8. The van der Waals surface area contributed by atoms with Crippen LogP contribution in [0.25, 0.3) is 11.1 Å².